The highest BCUT2D eigenvalue weighted by Gasteiger charge is 2.60. The third-order valence-corrected chi connectivity index (χ3v) is 4.94. The molecule has 24 heavy (non-hydrogen) atoms. The average Bonchev–Trinajstić information content (AvgIpc) is 3.06. The summed E-state index contributed by atoms with van der Waals surface area (Å²) in [5.74, 6) is 1.32. The maximum absolute atomic E-state index is 12.6. The Morgan fingerprint density at radius 3 is 3.04 bits per heavy atom. The molecule has 3 unspecified atom stereocenters. The van der Waals surface area contributed by atoms with Crippen molar-refractivity contribution in [3.05, 3.63) is 12.2 Å². The van der Waals surface area contributed by atoms with Crippen molar-refractivity contribution in [1.29, 1.82) is 0 Å². The van der Waals surface area contributed by atoms with Gasteiger partial charge in [0.25, 0.3) is 0 Å². The Labute approximate surface area is 138 Å². The van der Waals surface area contributed by atoms with Crippen molar-refractivity contribution in [2.24, 2.45) is 17.3 Å². The van der Waals surface area contributed by atoms with Crippen LogP contribution >= 0.6 is 0 Å². The van der Waals surface area contributed by atoms with E-state index in [-0.39, 0.29) is 29.2 Å². The molecule has 0 bridgehead atoms. The molecule has 9 heteroatoms. The molecule has 1 aliphatic heterocycles. The molecule has 2 aromatic rings. The van der Waals surface area contributed by atoms with Crippen LogP contribution in [-0.2, 0) is 9.53 Å². The fourth-order valence-corrected chi connectivity index (χ4v) is 3.32. The highest BCUT2D eigenvalue weighted by atomic mass is 16.5. The number of nitrogens with one attached hydrogen (secondary N) is 2. The topological polar surface area (TPSA) is 119 Å². The Morgan fingerprint density at radius 2 is 2.38 bits per heavy atom. The second-order valence-electron chi connectivity index (χ2n) is 6.94. The Bertz CT molecular complexity index is 719. The SMILES string of the molecule is CC(C)C(NC(=O)C1CC12CCOC2)c1nc(-c2ncn[nH]2)no1. The van der Waals surface area contributed by atoms with Crippen LogP contribution in [0.1, 0.15) is 38.6 Å². The van der Waals surface area contributed by atoms with Gasteiger partial charge in [-0.15, -0.1) is 0 Å². The number of nitrogens with zero attached hydrogens (tertiary/aromatic N) is 4. The molecule has 0 aromatic carbocycles. The summed E-state index contributed by atoms with van der Waals surface area (Å²) in [4.78, 5) is 20.9. The monoisotopic (exact) mass is 332 g/mol. The van der Waals surface area contributed by atoms with Gasteiger partial charge in [-0.2, -0.15) is 10.1 Å². The quantitative estimate of drug-likeness (QED) is 0.841. The van der Waals surface area contributed by atoms with Crippen molar-refractivity contribution in [3.8, 4) is 11.6 Å². The van der Waals surface area contributed by atoms with E-state index in [1.807, 2.05) is 13.8 Å². The number of hydrogen-bond acceptors (Lipinski definition) is 7. The third kappa shape index (κ3) is 2.58. The second kappa shape index (κ2) is 5.66. The number of amides is 1. The second-order valence-corrected chi connectivity index (χ2v) is 6.94. The maximum Gasteiger partial charge on any atom is 0.249 e. The lowest BCUT2D eigenvalue weighted by atomic mass is 10.0. The van der Waals surface area contributed by atoms with Crippen LogP contribution in [0, 0.1) is 17.3 Å². The summed E-state index contributed by atoms with van der Waals surface area (Å²) >= 11 is 0. The van der Waals surface area contributed by atoms with E-state index in [1.54, 1.807) is 0 Å². The summed E-state index contributed by atoms with van der Waals surface area (Å²) in [6.45, 7) is 5.45. The molecule has 1 amide bonds. The van der Waals surface area contributed by atoms with Crippen LogP contribution < -0.4 is 5.32 Å². The first-order valence-electron chi connectivity index (χ1n) is 8.16. The number of carbonyl (C=O) groups excluding carboxylic acids is 1. The summed E-state index contributed by atoms with van der Waals surface area (Å²) < 4.78 is 10.8. The van der Waals surface area contributed by atoms with Gasteiger partial charge in [0.1, 0.15) is 12.4 Å². The van der Waals surface area contributed by atoms with Crippen molar-refractivity contribution in [1.82, 2.24) is 30.6 Å². The minimum atomic E-state index is -0.332. The van der Waals surface area contributed by atoms with E-state index < -0.39 is 0 Å². The minimum absolute atomic E-state index is 0.0258. The van der Waals surface area contributed by atoms with Gasteiger partial charge in [-0.3, -0.25) is 9.89 Å². The normalized spacial score (nSPS) is 26.9. The van der Waals surface area contributed by atoms with Gasteiger partial charge in [-0.05, 0) is 18.8 Å². The first-order chi connectivity index (χ1) is 11.6. The van der Waals surface area contributed by atoms with E-state index in [9.17, 15) is 4.79 Å². The average molecular weight is 332 g/mol. The van der Waals surface area contributed by atoms with Gasteiger partial charge in [-0.1, -0.05) is 19.0 Å². The summed E-state index contributed by atoms with van der Waals surface area (Å²) in [5, 5.41) is 13.4. The molecule has 2 fully saturated rings. The van der Waals surface area contributed by atoms with Crippen molar-refractivity contribution < 1.29 is 14.1 Å². The van der Waals surface area contributed by atoms with Crippen molar-refractivity contribution in [3.63, 3.8) is 0 Å². The summed E-state index contributed by atoms with van der Waals surface area (Å²) in [6, 6.07) is -0.332. The van der Waals surface area contributed by atoms with Crippen molar-refractivity contribution in [2.45, 2.75) is 32.7 Å². The number of H-pyrrole nitrogens is 1. The van der Waals surface area contributed by atoms with Crippen LogP contribution in [0.15, 0.2) is 10.9 Å². The molecule has 1 saturated carbocycles. The van der Waals surface area contributed by atoms with Crippen LogP contribution in [0.5, 0.6) is 0 Å². The van der Waals surface area contributed by atoms with Gasteiger partial charge < -0.3 is 14.6 Å². The van der Waals surface area contributed by atoms with E-state index in [4.69, 9.17) is 9.26 Å². The van der Waals surface area contributed by atoms with Crippen LogP contribution in [0.3, 0.4) is 0 Å². The lowest BCUT2D eigenvalue weighted by molar-refractivity contribution is -0.124. The first-order valence-corrected chi connectivity index (χ1v) is 8.16. The third-order valence-electron chi connectivity index (χ3n) is 4.94. The predicted octanol–water partition coefficient (Wildman–Crippen LogP) is 1.09. The Hall–Kier alpha value is -2.29. The van der Waals surface area contributed by atoms with E-state index in [2.05, 4.69) is 30.6 Å². The highest BCUT2D eigenvalue weighted by molar-refractivity contribution is 5.83. The number of aromatic nitrogens is 5. The maximum atomic E-state index is 12.6. The lowest BCUT2D eigenvalue weighted by Crippen LogP contribution is -2.34. The van der Waals surface area contributed by atoms with E-state index in [0.29, 0.717) is 24.1 Å². The molecule has 3 heterocycles. The van der Waals surface area contributed by atoms with Gasteiger partial charge in [0.15, 0.2) is 5.82 Å². The molecule has 2 aliphatic rings. The fourth-order valence-electron chi connectivity index (χ4n) is 3.32. The molecule has 1 aliphatic carbocycles. The van der Waals surface area contributed by atoms with Crippen LogP contribution in [0.25, 0.3) is 11.6 Å². The summed E-state index contributed by atoms with van der Waals surface area (Å²) in [5.41, 5.74) is 0.0610. The molecule has 2 aromatic heterocycles. The molecule has 0 radical (unpaired) electrons. The molecule has 3 atom stereocenters. The number of aromatic amines is 1. The van der Waals surface area contributed by atoms with Gasteiger partial charge in [0, 0.05) is 17.9 Å². The largest absolute Gasteiger partial charge is 0.381 e. The molecule has 4 rings (SSSR count). The zero-order chi connectivity index (χ0) is 16.7. The molecular formula is C15H20N6O3. The van der Waals surface area contributed by atoms with Crippen LogP contribution in [0.4, 0.5) is 0 Å². The number of rotatable bonds is 5. The minimum Gasteiger partial charge on any atom is -0.381 e. The smallest absolute Gasteiger partial charge is 0.249 e. The van der Waals surface area contributed by atoms with Gasteiger partial charge in [0.2, 0.25) is 17.6 Å². The van der Waals surface area contributed by atoms with Crippen molar-refractivity contribution in [2.75, 3.05) is 13.2 Å². The van der Waals surface area contributed by atoms with E-state index in [0.717, 1.165) is 19.4 Å². The first kappa shape index (κ1) is 15.3. The molecule has 1 saturated heterocycles. The molecular weight excluding hydrogens is 312 g/mol. The summed E-state index contributed by atoms with van der Waals surface area (Å²) in [7, 11) is 0. The van der Waals surface area contributed by atoms with Crippen LogP contribution in [-0.4, -0.2) is 44.4 Å². The predicted molar refractivity (Wildman–Crippen MR) is 81.4 cm³/mol. The Morgan fingerprint density at radius 1 is 1.50 bits per heavy atom. The van der Waals surface area contributed by atoms with Gasteiger partial charge in [0.05, 0.1) is 6.61 Å². The van der Waals surface area contributed by atoms with Crippen LogP contribution in [0.2, 0.25) is 0 Å². The standard InChI is InChI=1S/C15H20N6O3/c1-8(2)10(14-19-12(21-24-14)11-16-7-17-20-11)18-13(22)9-5-15(9)3-4-23-6-15/h7-10H,3-6H2,1-2H3,(H,18,22)(H,16,17,20). The van der Waals surface area contributed by atoms with Crippen molar-refractivity contribution >= 4 is 5.91 Å². The highest BCUT2D eigenvalue weighted by Crippen LogP contribution is 2.58. The van der Waals surface area contributed by atoms with E-state index in [1.165, 1.54) is 6.33 Å². The Balaban J connectivity index is 1.48. The zero-order valence-corrected chi connectivity index (χ0v) is 13.7. The zero-order valence-electron chi connectivity index (χ0n) is 13.7. The number of hydrogen-bond donors (Lipinski definition) is 2. The van der Waals surface area contributed by atoms with E-state index >= 15 is 0 Å². The number of ether oxygens (including phenoxy) is 1. The van der Waals surface area contributed by atoms with Gasteiger partial charge in [-0.25, -0.2) is 4.98 Å². The van der Waals surface area contributed by atoms with Gasteiger partial charge >= 0.3 is 0 Å². The molecule has 1 spiro atoms. The number of carbonyl (C=O) groups is 1. The molecule has 9 nitrogen and oxygen atoms in total. The molecule has 2 N–H and O–H groups in total. The fraction of sp³-hybridized carbons (Fsp3) is 0.667. The Kier molecular flexibility index (Phi) is 3.60. The summed E-state index contributed by atoms with van der Waals surface area (Å²) in [6.07, 6.45) is 3.24. The lowest BCUT2D eigenvalue weighted by Gasteiger charge is -2.19. The molecule has 128 valence electrons.